The van der Waals surface area contributed by atoms with E-state index in [1.165, 1.54) is 19.3 Å². The maximum absolute atomic E-state index is 12.3. The maximum atomic E-state index is 12.3. The van der Waals surface area contributed by atoms with Crippen LogP contribution in [0.1, 0.15) is 39.5 Å². The highest BCUT2D eigenvalue weighted by Gasteiger charge is 2.32. The third-order valence-electron chi connectivity index (χ3n) is 4.13. The largest absolute Gasteiger partial charge is 0.341 e. The average molecular weight is 224 g/mol. The van der Waals surface area contributed by atoms with Gasteiger partial charge in [-0.2, -0.15) is 0 Å². The van der Waals surface area contributed by atoms with Crippen LogP contribution in [-0.4, -0.2) is 36.5 Å². The van der Waals surface area contributed by atoms with Crippen molar-refractivity contribution in [2.45, 2.75) is 45.6 Å². The number of carbonyl (C=O) groups is 1. The van der Waals surface area contributed by atoms with Gasteiger partial charge in [-0.1, -0.05) is 13.8 Å². The average Bonchev–Trinajstić information content (AvgIpc) is 2.56. The molecule has 16 heavy (non-hydrogen) atoms. The summed E-state index contributed by atoms with van der Waals surface area (Å²) in [5, 5.41) is 3.34. The Morgan fingerprint density at radius 3 is 2.69 bits per heavy atom. The zero-order chi connectivity index (χ0) is 11.5. The molecule has 92 valence electrons. The van der Waals surface area contributed by atoms with Gasteiger partial charge < -0.3 is 10.2 Å². The third-order valence-corrected chi connectivity index (χ3v) is 4.13. The second kappa shape index (κ2) is 5.17. The Labute approximate surface area is 98.6 Å². The van der Waals surface area contributed by atoms with E-state index in [0.29, 0.717) is 11.8 Å². The molecule has 3 unspecified atom stereocenters. The van der Waals surface area contributed by atoms with E-state index in [2.05, 4.69) is 24.1 Å². The van der Waals surface area contributed by atoms with Crippen LogP contribution in [0.2, 0.25) is 0 Å². The molecule has 2 aliphatic heterocycles. The van der Waals surface area contributed by atoms with Crippen molar-refractivity contribution in [1.29, 1.82) is 0 Å². The van der Waals surface area contributed by atoms with Crippen LogP contribution < -0.4 is 5.32 Å². The fourth-order valence-electron chi connectivity index (χ4n) is 2.85. The number of amides is 1. The summed E-state index contributed by atoms with van der Waals surface area (Å²) in [6.45, 7) is 7.41. The summed E-state index contributed by atoms with van der Waals surface area (Å²) in [5.41, 5.74) is 0. The van der Waals surface area contributed by atoms with Crippen molar-refractivity contribution >= 4 is 5.91 Å². The molecule has 3 nitrogen and oxygen atoms in total. The molecule has 0 bridgehead atoms. The van der Waals surface area contributed by atoms with Crippen LogP contribution in [0, 0.1) is 11.8 Å². The maximum Gasteiger partial charge on any atom is 0.239 e. The van der Waals surface area contributed by atoms with Crippen LogP contribution in [0.15, 0.2) is 0 Å². The van der Waals surface area contributed by atoms with Crippen molar-refractivity contribution < 1.29 is 4.79 Å². The van der Waals surface area contributed by atoms with Gasteiger partial charge in [0.2, 0.25) is 5.91 Å². The van der Waals surface area contributed by atoms with Crippen molar-refractivity contribution in [1.82, 2.24) is 10.2 Å². The van der Waals surface area contributed by atoms with Gasteiger partial charge in [-0.25, -0.2) is 0 Å². The fourth-order valence-corrected chi connectivity index (χ4v) is 2.85. The van der Waals surface area contributed by atoms with Gasteiger partial charge in [-0.05, 0) is 44.1 Å². The SMILES string of the molecule is CC1CCCN(C(=O)C2NCCC2C)CC1. The molecule has 0 aromatic heterocycles. The minimum atomic E-state index is 0.0911. The highest BCUT2D eigenvalue weighted by Crippen LogP contribution is 2.21. The molecule has 0 radical (unpaired) electrons. The lowest BCUT2D eigenvalue weighted by Gasteiger charge is -2.26. The Kier molecular flexibility index (Phi) is 3.85. The first-order valence-corrected chi connectivity index (χ1v) is 6.70. The van der Waals surface area contributed by atoms with Gasteiger partial charge in [0, 0.05) is 13.1 Å². The fraction of sp³-hybridized carbons (Fsp3) is 0.923. The molecule has 0 aromatic rings. The second-order valence-electron chi connectivity index (χ2n) is 5.56. The zero-order valence-electron chi connectivity index (χ0n) is 10.5. The van der Waals surface area contributed by atoms with Crippen molar-refractivity contribution in [2.75, 3.05) is 19.6 Å². The van der Waals surface area contributed by atoms with Gasteiger partial charge in [0.15, 0.2) is 0 Å². The molecule has 2 aliphatic rings. The Morgan fingerprint density at radius 1 is 1.19 bits per heavy atom. The molecule has 0 saturated carbocycles. The van der Waals surface area contributed by atoms with Crippen molar-refractivity contribution in [3.05, 3.63) is 0 Å². The highest BCUT2D eigenvalue weighted by molar-refractivity contribution is 5.82. The summed E-state index contributed by atoms with van der Waals surface area (Å²) in [5.74, 6) is 1.64. The molecule has 1 N–H and O–H groups in total. The molecule has 3 heteroatoms. The van der Waals surface area contributed by atoms with Crippen LogP contribution in [0.5, 0.6) is 0 Å². The second-order valence-corrected chi connectivity index (χ2v) is 5.56. The third kappa shape index (κ3) is 2.57. The first kappa shape index (κ1) is 11.9. The summed E-state index contributed by atoms with van der Waals surface area (Å²) < 4.78 is 0. The van der Waals surface area contributed by atoms with Crippen LogP contribution in [0.25, 0.3) is 0 Å². The van der Waals surface area contributed by atoms with Crippen molar-refractivity contribution in [3.63, 3.8) is 0 Å². The van der Waals surface area contributed by atoms with Crippen LogP contribution in [0.4, 0.5) is 0 Å². The van der Waals surface area contributed by atoms with E-state index in [1.807, 2.05) is 0 Å². The number of rotatable bonds is 1. The summed E-state index contributed by atoms with van der Waals surface area (Å²) >= 11 is 0. The Hall–Kier alpha value is -0.570. The number of hydrogen-bond acceptors (Lipinski definition) is 2. The van der Waals surface area contributed by atoms with E-state index < -0.39 is 0 Å². The summed E-state index contributed by atoms with van der Waals surface area (Å²) in [4.78, 5) is 14.4. The predicted molar refractivity (Wildman–Crippen MR) is 65.2 cm³/mol. The minimum Gasteiger partial charge on any atom is -0.341 e. The van der Waals surface area contributed by atoms with Crippen molar-refractivity contribution in [3.8, 4) is 0 Å². The Morgan fingerprint density at radius 2 is 2.00 bits per heavy atom. The molecular formula is C13H24N2O. The summed E-state index contributed by atoms with van der Waals surface area (Å²) in [6.07, 6.45) is 4.76. The molecule has 1 amide bonds. The summed E-state index contributed by atoms with van der Waals surface area (Å²) in [6, 6.07) is 0.0911. The smallest absolute Gasteiger partial charge is 0.239 e. The number of likely N-dealkylation sites (tertiary alicyclic amines) is 1. The van der Waals surface area contributed by atoms with Gasteiger partial charge >= 0.3 is 0 Å². The Balaban J connectivity index is 1.93. The molecule has 0 aliphatic carbocycles. The zero-order valence-corrected chi connectivity index (χ0v) is 10.5. The Bertz CT molecular complexity index is 254. The van der Waals surface area contributed by atoms with Crippen LogP contribution in [0.3, 0.4) is 0 Å². The molecule has 2 rings (SSSR count). The number of nitrogens with one attached hydrogen (secondary N) is 1. The lowest BCUT2D eigenvalue weighted by atomic mass is 10.0. The van der Waals surface area contributed by atoms with E-state index in [0.717, 1.165) is 32.0 Å². The molecular weight excluding hydrogens is 200 g/mol. The molecule has 3 atom stereocenters. The van der Waals surface area contributed by atoms with E-state index in [9.17, 15) is 4.79 Å². The highest BCUT2D eigenvalue weighted by atomic mass is 16.2. The number of carbonyl (C=O) groups excluding carboxylic acids is 1. The lowest BCUT2D eigenvalue weighted by molar-refractivity contribution is -0.133. The van der Waals surface area contributed by atoms with Gasteiger partial charge in [-0.15, -0.1) is 0 Å². The van der Waals surface area contributed by atoms with Crippen LogP contribution >= 0.6 is 0 Å². The minimum absolute atomic E-state index is 0.0911. The van der Waals surface area contributed by atoms with Gasteiger partial charge in [0.25, 0.3) is 0 Å². The van der Waals surface area contributed by atoms with Gasteiger partial charge in [0.1, 0.15) is 0 Å². The first-order valence-electron chi connectivity index (χ1n) is 6.70. The predicted octanol–water partition coefficient (Wildman–Crippen LogP) is 1.63. The molecule has 2 fully saturated rings. The number of nitrogens with zero attached hydrogens (tertiary/aromatic N) is 1. The van der Waals surface area contributed by atoms with E-state index >= 15 is 0 Å². The van der Waals surface area contributed by atoms with Crippen LogP contribution in [-0.2, 0) is 4.79 Å². The van der Waals surface area contributed by atoms with Gasteiger partial charge in [0.05, 0.1) is 6.04 Å². The molecule has 2 saturated heterocycles. The first-order chi connectivity index (χ1) is 7.68. The van der Waals surface area contributed by atoms with E-state index in [4.69, 9.17) is 0 Å². The normalized spacial score (nSPS) is 36.1. The standard InChI is InChI=1S/C13H24N2O/c1-10-4-3-8-15(9-6-10)13(16)12-11(2)5-7-14-12/h10-12,14H,3-9H2,1-2H3. The monoisotopic (exact) mass is 224 g/mol. The van der Waals surface area contributed by atoms with E-state index in [1.54, 1.807) is 0 Å². The number of hydrogen-bond donors (Lipinski definition) is 1. The van der Waals surface area contributed by atoms with Crippen molar-refractivity contribution in [2.24, 2.45) is 11.8 Å². The van der Waals surface area contributed by atoms with Gasteiger partial charge in [-0.3, -0.25) is 4.79 Å². The summed E-state index contributed by atoms with van der Waals surface area (Å²) in [7, 11) is 0. The molecule has 0 spiro atoms. The van der Waals surface area contributed by atoms with E-state index in [-0.39, 0.29) is 6.04 Å². The molecule has 0 aromatic carbocycles. The topological polar surface area (TPSA) is 32.3 Å². The quantitative estimate of drug-likeness (QED) is 0.734. The lowest BCUT2D eigenvalue weighted by Crippen LogP contribution is -2.46. The molecule has 2 heterocycles.